The van der Waals surface area contributed by atoms with Gasteiger partial charge in [0.15, 0.2) is 0 Å². The molecule has 108 valence electrons. The minimum absolute atomic E-state index is 0.00747. The minimum Gasteiger partial charge on any atom is -0.297 e. The van der Waals surface area contributed by atoms with Gasteiger partial charge in [0.2, 0.25) is 0 Å². The molecule has 1 unspecified atom stereocenters. The first-order valence-corrected chi connectivity index (χ1v) is 7.71. The molecule has 0 bridgehead atoms. The van der Waals surface area contributed by atoms with Gasteiger partial charge in [-0.05, 0) is 45.0 Å². The highest BCUT2D eigenvalue weighted by molar-refractivity contribution is 9.10. The van der Waals surface area contributed by atoms with Crippen LogP contribution < -0.4 is 11.3 Å². The van der Waals surface area contributed by atoms with Gasteiger partial charge in [-0.1, -0.05) is 48.0 Å². The highest BCUT2D eigenvalue weighted by Gasteiger charge is 2.33. The molecule has 1 aromatic rings. The van der Waals surface area contributed by atoms with Crippen LogP contribution in [0.4, 0.5) is 0 Å². The van der Waals surface area contributed by atoms with Gasteiger partial charge in [-0.3, -0.25) is 16.2 Å². The molecule has 1 rings (SSSR count). The molecule has 0 heterocycles. The van der Waals surface area contributed by atoms with Crippen molar-refractivity contribution in [3.63, 3.8) is 0 Å². The smallest absolute Gasteiger partial charge is 0.0430 e. The number of nitrogens with two attached hydrogens (primary N) is 1. The van der Waals surface area contributed by atoms with E-state index in [9.17, 15) is 0 Å². The molecule has 0 fully saturated rings. The minimum atomic E-state index is 0.00747. The highest BCUT2D eigenvalue weighted by atomic mass is 79.9. The van der Waals surface area contributed by atoms with Crippen molar-refractivity contribution in [1.29, 1.82) is 0 Å². The van der Waals surface area contributed by atoms with Crippen LogP contribution in [0.1, 0.15) is 33.3 Å². The Balaban J connectivity index is 2.92. The lowest BCUT2D eigenvalue weighted by molar-refractivity contribution is 0.0911. The Morgan fingerprint density at radius 2 is 1.84 bits per heavy atom. The summed E-state index contributed by atoms with van der Waals surface area (Å²) in [4.78, 5) is 2.44. The molecule has 1 aromatic carbocycles. The van der Waals surface area contributed by atoms with Gasteiger partial charge in [0.05, 0.1) is 0 Å². The summed E-state index contributed by atoms with van der Waals surface area (Å²) < 4.78 is 1.14. The van der Waals surface area contributed by atoms with Gasteiger partial charge in [-0.25, -0.2) is 0 Å². The van der Waals surface area contributed by atoms with Crippen LogP contribution in [0.3, 0.4) is 0 Å². The molecule has 0 aliphatic carbocycles. The Bertz CT molecular complexity index is 389. The fourth-order valence-electron chi connectivity index (χ4n) is 2.66. The molecule has 0 aliphatic heterocycles. The van der Waals surface area contributed by atoms with E-state index >= 15 is 0 Å². The second-order valence-corrected chi connectivity index (χ2v) is 6.20. The Morgan fingerprint density at radius 3 is 2.32 bits per heavy atom. The quantitative estimate of drug-likeness (QED) is 0.597. The molecule has 0 amide bonds. The summed E-state index contributed by atoms with van der Waals surface area (Å²) in [5.74, 6) is 5.81. The lowest BCUT2D eigenvalue weighted by Gasteiger charge is -2.43. The average molecular weight is 328 g/mol. The van der Waals surface area contributed by atoms with E-state index in [1.165, 1.54) is 5.56 Å². The van der Waals surface area contributed by atoms with E-state index in [0.29, 0.717) is 0 Å². The third-order valence-corrected chi connectivity index (χ3v) is 4.79. The van der Waals surface area contributed by atoms with E-state index < -0.39 is 0 Å². The molecule has 3 N–H and O–H groups in total. The standard InChI is InChI=1S/C15H26BrN3/c1-5-19(6-2)15(3,4)14(18-17)11-12-9-7-8-10-13(12)16/h7-10,14,18H,5-6,11,17H2,1-4H3. The number of nitrogens with zero attached hydrogens (tertiary/aromatic N) is 1. The summed E-state index contributed by atoms with van der Waals surface area (Å²) in [6, 6.07) is 8.53. The molecular formula is C15H26BrN3. The lowest BCUT2D eigenvalue weighted by atomic mass is 9.88. The Morgan fingerprint density at radius 1 is 1.26 bits per heavy atom. The molecule has 0 radical (unpaired) electrons. The van der Waals surface area contributed by atoms with E-state index in [1.54, 1.807) is 0 Å². The number of hydrogen-bond donors (Lipinski definition) is 2. The molecular weight excluding hydrogens is 302 g/mol. The first-order chi connectivity index (χ1) is 8.97. The molecule has 3 nitrogen and oxygen atoms in total. The molecule has 0 aliphatic rings. The van der Waals surface area contributed by atoms with Crippen molar-refractivity contribution < 1.29 is 0 Å². The van der Waals surface area contributed by atoms with Crippen LogP contribution >= 0.6 is 15.9 Å². The van der Waals surface area contributed by atoms with Gasteiger partial charge in [0.1, 0.15) is 0 Å². The van der Waals surface area contributed by atoms with E-state index in [-0.39, 0.29) is 11.6 Å². The van der Waals surface area contributed by atoms with E-state index in [2.05, 4.69) is 72.1 Å². The fraction of sp³-hybridized carbons (Fsp3) is 0.600. The van der Waals surface area contributed by atoms with Gasteiger partial charge >= 0.3 is 0 Å². The Labute approximate surface area is 125 Å². The van der Waals surface area contributed by atoms with Crippen LogP contribution in [0.2, 0.25) is 0 Å². The first-order valence-electron chi connectivity index (χ1n) is 6.91. The average Bonchev–Trinajstić information content (AvgIpc) is 2.38. The van der Waals surface area contributed by atoms with Crippen molar-refractivity contribution in [3.05, 3.63) is 34.3 Å². The van der Waals surface area contributed by atoms with E-state index in [1.807, 2.05) is 6.07 Å². The van der Waals surface area contributed by atoms with Gasteiger partial charge in [-0.15, -0.1) is 0 Å². The lowest BCUT2D eigenvalue weighted by Crippen LogP contribution is -2.60. The van der Waals surface area contributed by atoms with Gasteiger partial charge in [-0.2, -0.15) is 0 Å². The number of hydrazine groups is 1. The van der Waals surface area contributed by atoms with Crippen LogP contribution in [-0.2, 0) is 6.42 Å². The second kappa shape index (κ2) is 7.39. The number of rotatable bonds is 7. The predicted octanol–water partition coefficient (Wildman–Crippen LogP) is 2.94. The summed E-state index contributed by atoms with van der Waals surface area (Å²) in [7, 11) is 0. The van der Waals surface area contributed by atoms with Gasteiger partial charge < -0.3 is 0 Å². The Kier molecular flexibility index (Phi) is 6.47. The van der Waals surface area contributed by atoms with E-state index in [0.717, 1.165) is 24.0 Å². The monoisotopic (exact) mass is 327 g/mol. The number of halogens is 1. The van der Waals surface area contributed by atoms with E-state index in [4.69, 9.17) is 5.84 Å². The van der Waals surface area contributed by atoms with Crippen molar-refractivity contribution in [1.82, 2.24) is 10.3 Å². The summed E-state index contributed by atoms with van der Waals surface area (Å²) in [6.07, 6.45) is 0.904. The molecule has 4 heteroatoms. The number of benzene rings is 1. The second-order valence-electron chi connectivity index (χ2n) is 5.34. The maximum absolute atomic E-state index is 5.81. The van der Waals surface area contributed by atoms with Crippen LogP contribution in [0.25, 0.3) is 0 Å². The molecule has 0 saturated heterocycles. The normalized spacial score (nSPS) is 13.8. The predicted molar refractivity (Wildman–Crippen MR) is 86.0 cm³/mol. The molecule has 0 spiro atoms. The van der Waals surface area contributed by atoms with Crippen LogP contribution in [-0.4, -0.2) is 29.6 Å². The topological polar surface area (TPSA) is 41.3 Å². The van der Waals surface area contributed by atoms with Crippen molar-refractivity contribution >= 4 is 15.9 Å². The summed E-state index contributed by atoms with van der Waals surface area (Å²) in [6.45, 7) is 10.9. The molecule has 1 atom stereocenters. The molecule has 19 heavy (non-hydrogen) atoms. The van der Waals surface area contributed by atoms with Crippen LogP contribution in [0, 0.1) is 0 Å². The maximum atomic E-state index is 5.81. The molecule has 0 aromatic heterocycles. The molecule has 0 saturated carbocycles. The van der Waals surface area contributed by atoms with Crippen molar-refractivity contribution in [2.75, 3.05) is 13.1 Å². The van der Waals surface area contributed by atoms with Crippen LogP contribution in [0.5, 0.6) is 0 Å². The van der Waals surface area contributed by atoms with Gasteiger partial charge in [0.25, 0.3) is 0 Å². The zero-order valence-corrected chi connectivity index (χ0v) is 14.0. The third-order valence-electron chi connectivity index (χ3n) is 4.01. The largest absolute Gasteiger partial charge is 0.297 e. The van der Waals surface area contributed by atoms with Crippen molar-refractivity contribution in [3.8, 4) is 0 Å². The SMILES string of the molecule is CCN(CC)C(C)(C)C(Cc1ccccc1Br)NN. The Hall–Kier alpha value is -0.420. The summed E-state index contributed by atoms with van der Waals surface area (Å²) >= 11 is 3.61. The highest BCUT2D eigenvalue weighted by Crippen LogP contribution is 2.24. The first kappa shape index (κ1) is 16.6. The zero-order valence-electron chi connectivity index (χ0n) is 12.4. The maximum Gasteiger partial charge on any atom is 0.0430 e. The van der Waals surface area contributed by atoms with Gasteiger partial charge in [0, 0.05) is 16.1 Å². The van der Waals surface area contributed by atoms with Crippen molar-refractivity contribution in [2.45, 2.75) is 45.7 Å². The fourth-order valence-corrected chi connectivity index (χ4v) is 3.10. The van der Waals surface area contributed by atoms with Crippen molar-refractivity contribution in [2.24, 2.45) is 5.84 Å². The number of likely N-dealkylation sites (N-methyl/N-ethyl adjacent to an activating group) is 1. The number of hydrogen-bond acceptors (Lipinski definition) is 3. The summed E-state index contributed by atoms with van der Waals surface area (Å²) in [5.41, 5.74) is 4.30. The number of nitrogens with one attached hydrogen (secondary N) is 1. The van der Waals surface area contributed by atoms with Crippen LogP contribution in [0.15, 0.2) is 28.7 Å². The third kappa shape index (κ3) is 4.02. The summed E-state index contributed by atoms with van der Waals surface area (Å²) in [5, 5.41) is 0. The zero-order chi connectivity index (χ0) is 14.5.